The molecule has 0 aliphatic rings. The molecule has 5 nitrogen and oxygen atoms in total. The summed E-state index contributed by atoms with van der Waals surface area (Å²) in [6.45, 7) is 0. The number of benzene rings is 6. The Kier molecular flexibility index (Phi) is 4.25. The zero-order valence-electron chi connectivity index (χ0n) is 29.1. The number of rotatable bonds is 4. The summed E-state index contributed by atoms with van der Waals surface area (Å²) < 4.78 is 59.9. The van der Waals surface area contributed by atoms with E-state index < -0.39 is 0 Å². The van der Waals surface area contributed by atoms with Crippen LogP contribution < -0.4 is 0 Å². The highest BCUT2D eigenvalue weighted by molar-refractivity contribution is 6.13. The zero-order valence-corrected chi connectivity index (χ0v) is 23.1. The van der Waals surface area contributed by atoms with Gasteiger partial charge in [-0.15, -0.1) is 0 Å². The van der Waals surface area contributed by atoms with Gasteiger partial charge in [0.2, 0.25) is 5.95 Å². The van der Waals surface area contributed by atoms with Crippen LogP contribution in [0.15, 0.2) is 150 Å². The molecular formula is C39H24N4O. The molecule has 0 bridgehead atoms. The van der Waals surface area contributed by atoms with Gasteiger partial charge >= 0.3 is 0 Å². The van der Waals surface area contributed by atoms with E-state index >= 15 is 0 Å². The lowest BCUT2D eigenvalue weighted by molar-refractivity contribution is 0.669. The number of fused-ring (bicyclic) bond motifs is 6. The van der Waals surface area contributed by atoms with E-state index in [0.29, 0.717) is 28.4 Å². The van der Waals surface area contributed by atoms with Crippen molar-refractivity contribution in [1.29, 1.82) is 0 Å². The van der Waals surface area contributed by atoms with E-state index in [1.807, 2.05) is 78.9 Å². The van der Waals surface area contributed by atoms with E-state index in [1.165, 1.54) is 16.7 Å². The highest BCUT2D eigenvalue weighted by atomic mass is 16.3. The first-order valence-corrected chi connectivity index (χ1v) is 14.1. The molecule has 9 aromatic rings. The molecule has 0 aliphatic carbocycles. The summed E-state index contributed by atoms with van der Waals surface area (Å²) in [7, 11) is 0. The fraction of sp³-hybridized carbons (Fsp3) is 0. The molecule has 0 unspecified atom stereocenters. The minimum absolute atomic E-state index is 0.0761. The first-order chi connectivity index (χ1) is 24.3. The van der Waals surface area contributed by atoms with Crippen LogP contribution in [0.4, 0.5) is 0 Å². The van der Waals surface area contributed by atoms with E-state index in [0.717, 1.165) is 27.5 Å². The summed E-state index contributed by atoms with van der Waals surface area (Å²) in [5, 5.41) is 2.10. The van der Waals surface area contributed by atoms with Crippen molar-refractivity contribution in [2.75, 3.05) is 0 Å². The number of aromatic nitrogens is 4. The molecule has 0 saturated carbocycles. The van der Waals surface area contributed by atoms with Gasteiger partial charge in [-0.25, -0.2) is 4.98 Å². The second-order valence-electron chi connectivity index (χ2n) is 10.4. The Morgan fingerprint density at radius 2 is 1.18 bits per heavy atom. The van der Waals surface area contributed by atoms with E-state index in [1.54, 1.807) is 0 Å². The van der Waals surface area contributed by atoms with Gasteiger partial charge in [-0.2, -0.15) is 9.97 Å². The minimum atomic E-state index is -0.206. The Balaban J connectivity index is 1.37. The van der Waals surface area contributed by atoms with Crippen molar-refractivity contribution in [2.24, 2.45) is 0 Å². The maximum absolute atomic E-state index is 8.92. The van der Waals surface area contributed by atoms with Crippen molar-refractivity contribution < 1.29 is 12.6 Å². The van der Waals surface area contributed by atoms with Crippen LogP contribution in [0.3, 0.4) is 0 Å². The summed E-state index contributed by atoms with van der Waals surface area (Å²) >= 11 is 0. The first-order valence-electron chi connectivity index (χ1n) is 17.1. The fourth-order valence-electron chi connectivity index (χ4n) is 5.85. The molecule has 0 radical (unpaired) electrons. The van der Waals surface area contributed by atoms with Crippen molar-refractivity contribution in [2.45, 2.75) is 0 Å². The van der Waals surface area contributed by atoms with E-state index in [-0.39, 0.29) is 64.0 Å². The van der Waals surface area contributed by atoms with Crippen molar-refractivity contribution >= 4 is 43.7 Å². The molecule has 0 spiro atoms. The average Bonchev–Trinajstić information content (AvgIpc) is 3.71. The third kappa shape index (κ3) is 3.83. The number of nitrogens with zero attached hydrogens (tertiary/aromatic N) is 4. The molecule has 0 saturated heterocycles. The van der Waals surface area contributed by atoms with Gasteiger partial charge in [-0.1, -0.05) is 109 Å². The van der Waals surface area contributed by atoms with Crippen molar-refractivity contribution in [3.05, 3.63) is 145 Å². The van der Waals surface area contributed by atoms with E-state index in [4.69, 9.17) is 27.6 Å². The highest BCUT2D eigenvalue weighted by Gasteiger charge is 2.19. The fourth-order valence-corrected chi connectivity index (χ4v) is 5.85. The molecule has 6 aromatic carbocycles. The van der Waals surface area contributed by atoms with Gasteiger partial charge < -0.3 is 4.42 Å². The van der Waals surface area contributed by atoms with Gasteiger partial charge in [0.25, 0.3) is 0 Å². The summed E-state index contributed by atoms with van der Waals surface area (Å²) in [5.74, 6) is 0.737. The Hall–Kier alpha value is -6.07. The molecule has 0 N–H and O–H groups in total. The van der Waals surface area contributed by atoms with Crippen LogP contribution in [0.1, 0.15) is 8.22 Å². The van der Waals surface area contributed by atoms with Gasteiger partial charge in [-0.3, -0.25) is 4.57 Å². The molecule has 0 fully saturated rings. The third-order valence-electron chi connectivity index (χ3n) is 7.82. The van der Waals surface area contributed by atoms with Crippen molar-refractivity contribution in [3.8, 4) is 39.9 Å². The van der Waals surface area contributed by atoms with E-state index in [9.17, 15) is 0 Å². The van der Waals surface area contributed by atoms with Crippen LogP contribution in [-0.2, 0) is 0 Å². The SMILES string of the molecule is [2H]c1cc([2H])c2c(c1[2H])c1c([2H])c([2H])cc([2H])c1n2-c1nc(-c2ccccc2)nc(-c2ccc3oc4cccc(-c5ccccc5)c4c3c2)n1. The molecule has 9 rings (SSSR count). The van der Waals surface area contributed by atoms with Gasteiger partial charge in [0, 0.05) is 32.7 Å². The maximum atomic E-state index is 8.92. The smallest absolute Gasteiger partial charge is 0.238 e. The highest BCUT2D eigenvalue weighted by Crippen LogP contribution is 2.38. The van der Waals surface area contributed by atoms with Crippen LogP contribution in [-0.4, -0.2) is 19.5 Å². The van der Waals surface area contributed by atoms with Crippen LogP contribution in [0, 0.1) is 0 Å². The second kappa shape index (κ2) is 9.75. The molecule has 3 aromatic heterocycles. The summed E-state index contributed by atoms with van der Waals surface area (Å²) in [5.41, 5.74) is 5.26. The molecule has 3 heterocycles. The number of hydrogen-bond donors (Lipinski definition) is 0. The van der Waals surface area contributed by atoms with Crippen LogP contribution in [0.2, 0.25) is 0 Å². The Bertz CT molecular complexity index is 2760. The Labute approximate surface area is 261 Å². The molecule has 0 atom stereocenters. The van der Waals surface area contributed by atoms with Gasteiger partial charge in [0.15, 0.2) is 11.6 Å². The van der Waals surface area contributed by atoms with Crippen molar-refractivity contribution in [1.82, 2.24) is 19.5 Å². The average molecular weight is 571 g/mol. The Morgan fingerprint density at radius 3 is 1.89 bits per heavy atom. The van der Waals surface area contributed by atoms with Crippen LogP contribution in [0.5, 0.6) is 0 Å². The number of hydrogen-bond acceptors (Lipinski definition) is 4. The normalized spacial score (nSPS) is 13.5. The number of furan rings is 1. The van der Waals surface area contributed by atoms with Gasteiger partial charge in [0.1, 0.15) is 11.2 Å². The molecular weight excluding hydrogens is 540 g/mol. The standard InChI is InChI=1S/C39H24N4O/c1-3-12-25(13-4-1)28-18-11-21-35-36(28)31-24-27(22-23-34(31)44-35)38-40-37(26-14-5-2-6-15-26)41-39(42-38)43-32-19-9-7-16-29(32)30-17-8-10-20-33(30)43/h1-24H/i7D,8D,16D,17D,19D,20D. The summed E-state index contributed by atoms with van der Waals surface area (Å²) in [6, 6.07) is 32.8. The predicted molar refractivity (Wildman–Crippen MR) is 178 cm³/mol. The summed E-state index contributed by atoms with van der Waals surface area (Å²) in [4.78, 5) is 14.7. The quantitative estimate of drug-likeness (QED) is 0.211. The molecule has 5 heteroatoms. The van der Waals surface area contributed by atoms with Crippen LogP contribution in [0.25, 0.3) is 83.6 Å². The monoisotopic (exact) mass is 570 g/mol. The minimum Gasteiger partial charge on any atom is -0.456 e. The maximum Gasteiger partial charge on any atom is 0.238 e. The molecule has 206 valence electrons. The van der Waals surface area contributed by atoms with E-state index in [2.05, 4.69) is 18.2 Å². The summed E-state index contributed by atoms with van der Waals surface area (Å²) in [6.07, 6.45) is 0. The van der Waals surface area contributed by atoms with Crippen molar-refractivity contribution in [3.63, 3.8) is 0 Å². The van der Waals surface area contributed by atoms with Gasteiger partial charge in [-0.05, 0) is 47.5 Å². The lowest BCUT2D eigenvalue weighted by Crippen LogP contribution is -2.06. The second-order valence-corrected chi connectivity index (χ2v) is 10.4. The lowest BCUT2D eigenvalue weighted by atomic mass is 9.99. The Morgan fingerprint density at radius 1 is 0.523 bits per heavy atom. The molecule has 0 amide bonds. The molecule has 0 aliphatic heterocycles. The zero-order chi connectivity index (χ0) is 34.3. The third-order valence-corrected chi connectivity index (χ3v) is 7.82. The topological polar surface area (TPSA) is 56.7 Å². The number of para-hydroxylation sites is 2. The largest absolute Gasteiger partial charge is 0.456 e. The first kappa shape index (κ1) is 19.2. The molecule has 44 heavy (non-hydrogen) atoms. The van der Waals surface area contributed by atoms with Gasteiger partial charge in [0.05, 0.1) is 19.3 Å². The van der Waals surface area contributed by atoms with Crippen LogP contribution >= 0.6 is 0 Å². The predicted octanol–water partition coefficient (Wildman–Crippen LogP) is 9.87. The lowest BCUT2D eigenvalue weighted by Gasteiger charge is -2.11.